The summed E-state index contributed by atoms with van der Waals surface area (Å²) in [5.41, 5.74) is 8.25. The zero-order chi connectivity index (χ0) is 26.7. The summed E-state index contributed by atoms with van der Waals surface area (Å²) < 4.78 is 5.90. The summed E-state index contributed by atoms with van der Waals surface area (Å²) in [6.45, 7) is 1.91. The highest BCUT2D eigenvalue weighted by Crippen LogP contribution is 2.50. The number of anilines is 2. The second kappa shape index (κ2) is 10.5. The number of nitriles is 1. The minimum absolute atomic E-state index is 0.102. The molecule has 1 saturated carbocycles. The van der Waals surface area contributed by atoms with Crippen molar-refractivity contribution in [2.75, 3.05) is 44.8 Å². The van der Waals surface area contributed by atoms with Gasteiger partial charge < -0.3 is 25.6 Å². The predicted molar refractivity (Wildman–Crippen MR) is 146 cm³/mol. The van der Waals surface area contributed by atoms with Crippen LogP contribution in [0, 0.1) is 16.7 Å². The molecular formula is C29H31N7O2. The van der Waals surface area contributed by atoms with Crippen LogP contribution in [-0.2, 0) is 4.79 Å². The molecule has 194 valence electrons. The van der Waals surface area contributed by atoms with Gasteiger partial charge in [0.25, 0.3) is 5.91 Å². The lowest BCUT2D eigenvalue weighted by molar-refractivity contribution is -0.145. The number of rotatable bonds is 8. The number of benzene rings is 2. The molecule has 1 amide bonds. The molecule has 2 aromatic carbocycles. The molecule has 3 aromatic rings. The van der Waals surface area contributed by atoms with Gasteiger partial charge in [-0.2, -0.15) is 5.26 Å². The molecule has 5 rings (SSSR count). The summed E-state index contributed by atoms with van der Waals surface area (Å²) in [6, 6.07) is 19.6. The number of aromatic nitrogens is 2. The van der Waals surface area contributed by atoms with E-state index in [-0.39, 0.29) is 22.9 Å². The summed E-state index contributed by atoms with van der Waals surface area (Å²) in [4.78, 5) is 25.1. The fourth-order valence-corrected chi connectivity index (χ4v) is 5.18. The number of nitrogens with zero attached hydrogens (tertiary/aromatic N) is 5. The van der Waals surface area contributed by atoms with Gasteiger partial charge in [0.2, 0.25) is 0 Å². The number of hydrogen-bond acceptors (Lipinski definition) is 8. The van der Waals surface area contributed by atoms with E-state index in [9.17, 15) is 10.1 Å². The molecule has 1 spiro atoms. The molecular weight excluding hydrogens is 478 g/mol. The molecule has 1 aliphatic heterocycles. The molecule has 9 heteroatoms. The van der Waals surface area contributed by atoms with Gasteiger partial charge in [0, 0.05) is 31.1 Å². The normalized spacial score (nSPS) is 16.5. The van der Waals surface area contributed by atoms with E-state index in [2.05, 4.69) is 21.4 Å². The fraction of sp³-hybridized carbons (Fsp3) is 0.310. The Morgan fingerprint density at radius 2 is 1.84 bits per heavy atom. The van der Waals surface area contributed by atoms with E-state index in [0.717, 1.165) is 35.5 Å². The molecule has 0 radical (unpaired) electrons. The van der Waals surface area contributed by atoms with Crippen molar-refractivity contribution in [2.24, 2.45) is 5.41 Å². The molecule has 1 saturated heterocycles. The second-order valence-corrected chi connectivity index (χ2v) is 10.3. The first-order valence-electron chi connectivity index (χ1n) is 12.6. The molecule has 0 unspecified atom stereocenters. The molecule has 9 nitrogen and oxygen atoms in total. The second-order valence-electron chi connectivity index (χ2n) is 10.3. The molecule has 2 heterocycles. The van der Waals surface area contributed by atoms with Crippen LogP contribution >= 0.6 is 0 Å². The summed E-state index contributed by atoms with van der Waals surface area (Å²) in [7, 11) is 3.81. The smallest absolute Gasteiger partial charge is 0.264 e. The third-order valence-electron chi connectivity index (χ3n) is 7.05. The first-order chi connectivity index (χ1) is 18.4. The van der Waals surface area contributed by atoms with E-state index < -0.39 is 0 Å². The fourth-order valence-electron chi connectivity index (χ4n) is 5.18. The number of hydrogen-bond donors (Lipinski definition) is 2. The Bertz CT molecular complexity index is 1370. The zero-order valence-corrected chi connectivity index (χ0v) is 21.6. The van der Waals surface area contributed by atoms with Crippen molar-refractivity contribution in [2.45, 2.75) is 18.9 Å². The largest absolute Gasteiger partial charge is 0.457 e. The third-order valence-corrected chi connectivity index (χ3v) is 7.05. The van der Waals surface area contributed by atoms with Crippen molar-refractivity contribution >= 4 is 17.5 Å². The number of likely N-dealkylation sites (tertiary alicyclic amines) is 1. The molecule has 1 aliphatic carbocycles. The topological polar surface area (TPSA) is 120 Å². The van der Waals surface area contributed by atoms with Crippen LogP contribution in [0.15, 0.2) is 72.6 Å². The third kappa shape index (κ3) is 5.31. The number of nitrogens with two attached hydrogens (primary N) is 1. The van der Waals surface area contributed by atoms with E-state index >= 15 is 0 Å². The first kappa shape index (κ1) is 25.2. The van der Waals surface area contributed by atoms with E-state index in [1.54, 1.807) is 11.0 Å². The SMILES string of the molecule is CN(C)C/C=C(\C#N)C(=O)N1CC2(CC(Nc3ncnc(N)c3-c3ccc(Oc4ccccc4)cc3)C2)C1. The Balaban J connectivity index is 1.20. The number of carbonyl (C=O) groups excluding carboxylic acids is 1. The number of ether oxygens (including phenoxy) is 1. The van der Waals surface area contributed by atoms with Crippen LogP contribution in [0.2, 0.25) is 0 Å². The highest BCUT2D eigenvalue weighted by molar-refractivity contribution is 5.97. The van der Waals surface area contributed by atoms with Gasteiger partial charge in [0.05, 0.1) is 5.56 Å². The highest BCUT2D eigenvalue weighted by atomic mass is 16.5. The maximum atomic E-state index is 12.7. The molecule has 38 heavy (non-hydrogen) atoms. The van der Waals surface area contributed by atoms with Crippen LogP contribution in [0.3, 0.4) is 0 Å². The van der Waals surface area contributed by atoms with Gasteiger partial charge in [0.15, 0.2) is 0 Å². The lowest BCUT2D eigenvalue weighted by atomic mass is 9.60. The summed E-state index contributed by atoms with van der Waals surface area (Å²) in [5.74, 6) is 2.42. The Kier molecular flexibility index (Phi) is 6.99. The first-order valence-corrected chi connectivity index (χ1v) is 12.6. The maximum absolute atomic E-state index is 12.7. The standard InChI is InChI=1S/C29H31N7O2/c1-35(2)13-12-21(16-30)28(37)36-17-29(18-36)14-22(15-29)34-27-25(26(31)32-19-33-27)20-8-10-24(11-9-20)38-23-6-4-3-5-7-23/h3-12,19,22H,13-15,17-18H2,1-2H3,(H3,31,32,33,34)/b21-12+. The highest BCUT2D eigenvalue weighted by Gasteiger charge is 2.54. The van der Waals surface area contributed by atoms with Crippen LogP contribution in [-0.4, -0.2) is 65.4 Å². The Labute approximate surface area is 222 Å². The van der Waals surface area contributed by atoms with E-state index in [1.807, 2.05) is 73.6 Å². The van der Waals surface area contributed by atoms with Gasteiger partial charge in [-0.25, -0.2) is 9.97 Å². The summed E-state index contributed by atoms with van der Waals surface area (Å²) in [5, 5.41) is 12.9. The average Bonchev–Trinajstić information content (AvgIpc) is 2.86. The Hall–Kier alpha value is -4.42. The molecule has 1 aromatic heterocycles. The monoisotopic (exact) mass is 509 g/mol. The van der Waals surface area contributed by atoms with Crippen molar-refractivity contribution in [3.05, 3.63) is 72.6 Å². The minimum Gasteiger partial charge on any atom is -0.457 e. The summed E-state index contributed by atoms with van der Waals surface area (Å²) >= 11 is 0. The number of carbonyl (C=O) groups is 1. The Morgan fingerprint density at radius 1 is 1.16 bits per heavy atom. The minimum atomic E-state index is -0.179. The van der Waals surface area contributed by atoms with Crippen LogP contribution in [0.5, 0.6) is 11.5 Å². The van der Waals surface area contributed by atoms with Crippen molar-refractivity contribution in [1.82, 2.24) is 19.8 Å². The van der Waals surface area contributed by atoms with Crippen molar-refractivity contribution in [3.63, 3.8) is 0 Å². The van der Waals surface area contributed by atoms with Crippen molar-refractivity contribution < 1.29 is 9.53 Å². The molecule has 3 N–H and O–H groups in total. The van der Waals surface area contributed by atoms with Crippen LogP contribution in [0.25, 0.3) is 11.1 Å². The van der Waals surface area contributed by atoms with Gasteiger partial charge in [0.1, 0.15) is 41.1 Å². The number of likely N-dealkylation sites (N-methyl/N-ethyl adjacent to an activating group) is 1. The lowest BCUT2D eigenvalue weighted by Gasteiger charge is -2.59. The van der Waals surface area contributed by atoms with Gasteiger partial charge in [-0.1, -0.05) is 30.3 Å². The molecule has 2 aliphatic rings. The Morgan fingerprint density at radius 3 is 2.50 bits per heavy atom. The van der Waals surface area contributed by atoms with E-state index in [1.165, 1.54) is 6.33 Å². The molecule has 0 atom stereocenters. The van der Waals surface area contributed by atoms with Crippen LogP contribution in [0.1, 0.15) is 12.8 Å². The van der Waals surface area contributed by atoms with Crippen molar-refractivity contribution in [1.29, 1.82) is 5.26 Å². The maximum Gasteiger partial charge on any atom is 0.264 e. The van der Waals surface area contributed by atoms with E-state index in [0.29, 0.717) is 31.3 Å². The average molecular weight is 510 g/mol. The lowest BCUT2D eigenvalue weighted by Crippen LogP contribution is -2.66. The number of nitrogens with one attached hydrogen (secondary N) is 1. The van der Waals surface area contributed by atoms with Gasteiger partial charge in [-0.05, 0) is 62.8 Å². The molecule has 0 bridgehead atoms. The number of amides is 1. The predicted octanol–water partition coefficient (Wildman–Crippen LogP) is 3.93. The van der Waals surface area contributed by atoms with Gasteiger partial charge in [-0.3, -0.25) is 4.79 Å². The number of nitrogen functional groups attached to an aromatic ring is 1. The van der Waals surface area contributed by atoms with Crippen molar-refractivity contribution in [3.8, 4) is 28.7 Å². The van der Waals surface area contributed by atoms with Crippen LogP contribution in [0.4, 0.5) is 11.6 Å². The quantitative estimate of drug-likeness (QED) is 0.346. The zero-order valence-electron chi connectivity index (χ0n) is 21.6. The van der Waals surface area contributed by atoms with E-state index in [4.69, 9.17) is 10.5 Å². The van der Waals surface area contributed by atoms with Crippen LogP contribution < -0.4 is 15.8 Å². The molecule has 2 fully saturated rings. The van der Waals surface area contributed by atoms with Gasteiger partial charge in [-0.15, -0.1) is 0 Å². The van der Waals surface area contributed by atoms with Gasteiger partial charge >= 0.3 is 0 Å². The summed E-state index contributed by atoms with van der Waals surface area (Å²) in [6.07, 6.45) is 5.01. The number of para-hydroxylation sites is 1.